The van der Waals surface area contributed by atoms with Crippen LogP contribution in [0.25, 0.3) is 0 Å². The summed E-state index contributed by atoms with van der Waals surface area (Å²) in [5, 5.41) is 17.3. The minimum atomic E-state index is -0.408. The number of thiophene rings is 1. The highest BCUT2D eigenvalue weighted by Crippen LogP contribution is 2.28. The largest absolute Gasteiger partial charge is 0.493 e. The van der Waals surface area contributed by atoms with E-state index in [1.807, 2.05) is 18.2 Å². The van der Waals surface area contributed by atoms with Gasteiger partial charge in [-0.1, -0.05) is 0 Å². The van der Waals surface area contributed by atoms with Crippen LogP contribution in [0.4, 0.5) is 10.7 Å². The Hall–Kier alpha value is -2.52. The van der Waals surface area contributed by atoms with Gasteiger partial charge in [-0.15, -0.1) is 11.3 Å². The van der Waals surface area contributed by atoms with Gasteiger partial charge < -0.3 is 15.4 Å². The first-order valence-corrected chi connectivity index (χ1v) is 7.86. The van der Waals surface area contributed by atoms with E-state index >= 15 is 0 Å². The fourth-order valence-electron chi connectivity index (χ4n) is 2.31. The summed E-state index contributed by atoms with van der Waals surface area (Å²) in [5.74, 6) is 0.746. The van der Waals surface area contributed by atoms with Crippen LogP contribution in [-0.4, -0.2) is 18.6 Å². The quantitative estimate of drug-likeness (QED) is 0.910. The van der Waals surface area contributed by atoms with Gasteiger partial charge in [0.15, 0.2) is 0 Å². The second-order valence-corrected chi connectivity index (χ2v) is 5.97. The Morgan fingerprint density at radius 2 is 2.32 bits per heavy atom. The maximum Gasteiger partial charge on any atom is 0.247 e. The van der Waals surface area contributed by atoms with Gasteiger partial charge in [-0.05, 0) is 42.1 Å². The van der Waals surface area contributed by atoms with E-state index in [1.54, 1.807) is 18.4 Å². The Morgan fingerprint density at radius 1 is 1.45 bits per heavy atom. The van der Waals surface area contributed by atoms with Crippen LogP contribution < -0.4 is 15.4 Å². The Bertz CT molecular complexity index is 748. The lowest BCUT2D eigenvalue weighted by atomic mass is 10.1. The van der Waals surface area contributed by atoms with Gasteiger partial charge in [0, 0.05) is 12.1 Å². The molecule has 0 aliphatic carbocycles. The second kappa shape index (κ2) is 6.08. The highest BCUT2D eigenvalue weighted by atomic mass is 32.1. The summed E-state index contributed by atoms with van der Waals surface area (Å²) in [6.07, 6.45) is 0.895. The lowest BCUT2D eigenvalue weighted by Gasteiger charge is -2.15. The van der Waals surface area contributed by atoms with E-state index in [4.69, 9.17) is 10.00 Å². The zero-order valence-corrected chi connectivity index (χ0v) is 12.9. The van der Waals surface area contributed by atoms with E-state index in [0.717, 1.165) is 23.4 Å². The van der Waals surface area contributed by atoms with Gasteiger partial charge in [0.25, 0.3) is 0 Å². The van der Waals surface area contributed by atoms with Crippen LogP contribution in [0, 0.1) is 11.3 Å². The molecule has 0 saturated carbocycles. The molecule has 1 aromatic heterocycles. The van der Waals surface area contributed by atoms with Crippen LogP contribution in [0.2, 0.25) is 0 Å². The molecule has 2 aromatic rings. The van der Waals surface area contributed by atoms with Gasteiger partial charge in [-0.25, -0.2) is 0 Å². The van der Waals surface area contributed by atoms with Gasteiger partial charge in [0.2, 0.25) is 5.91 Å². The normalized spacial score (nSPS) is 13.6. The number of fused-ring (bicyclic) bond motifs is 1. The molecule has 5 nitrogen and oxygen atoms in total. The van der Waals surface area contributed by atoms with Crippen LogP contribution in [-0.2, 0) is 11.2 Å². The molecule has 6 heteroatoms. The Kier molecular flexibility index (Phi) is 3.98. The average Bonchev–Trinajstić information content (AvgIpc) is 3.15. The van der Waals surface area contributed by atoms with Crippen molar-refractivity contribution >= 4 is 27.9 Å². The molecule has 1 atom stereocenters. The molecule has 2 heterocycles. The van der Waals surface area contributed by atoms with E-state index < -0.39 is 6.04 Å². The van der Waals surface area contributed by atoms with E-state index in [2.05, 4.69) is 16.7 Å². The van der Waals surface area contributed by atoms with Crippen molar-refractivity contribution in [2.24, 2.45) is 0 Å². The molecule has 1 unspecified atom stereocenters. The van der Waals surface area contributed by atoms with E-state index in [0.29, 0.717) is 17.2 Å². The van der Waals surface area contributed by atoms with Crippen LogP contribution in [0.15, 0.2) is 29.6 Å². The number of carbonyl (C=O) groups is 1. The third kappa shape index (κ3) is 2.90. The highest BCUT2D eigenvalue weighted by molar-refractivity contribution is 7.14. The number of hydrogen-bond acceptors (Lipinski definition) is 5. The van der Waals surface area contributed by atoms with E-state index in [9.17, 15) is 4.79 Å². The summed E-state index contributed by atoms with van der Waals surface area (Å²) in [6.45, 7) is 2.50. The average molecular weight is 313 g/mol. The van der Waals surface area contributed by atoms with E-state index in [-0.39, 0.29) is 5.91 Å². The SMILES string of the molecule is CC(Nc1ccc2c(c1)CCO2)C(=O)Nc1sccc1C#N. The molecule has 2 N–H and O–H groups in total. The van der Waals surface area contributed by atoms with Crippen LogP contribution in [0.5, 0.6) is 5.75 Å². The second-order valence-electron chi connectivity index (χ2n) is 5.05. The summed E-state index contributed by atoms with van der Waals surface area (Å²) in [5.41, 5.74) is 2.53. The molecule has 0 radical (unpaired) electrons. The smallest absolute Gasteiger partial charge is 0.247 e. The molecular formula is C16H15N3O2S. The summed E-state index contributed by atoms with van der Waals surface area (Å²) in [7, 11) is 0. The predicted octanol–water partition coefficient (Wildman–Crippen LogP) is 2.99. The Balaban J connectivity index is 1.65. The number of benzene rings is 1. The maximum atomic E-state index is 12.2. The van der Waals surface area contributed by atoms with Gasteiger partial charge in [0.1, 0.15) is 22.9 Å². The number of anilines is 2. The topological polar surface area (TPSA) is 74.2 Å². The zero-order chi connectivity index (χ0) is 15.5. The standard InChI is InChI=1S/C16H15N3O2S/c1-10(15(20)19-16-12(9-17)5-7-22-16)18-13-2-3-14-11(8-13)4-6-21-14/h2-3,5,7-8,10,18H,4,6H2,1H3,(H,19,20). The molecule has 1 aliphatic heterocycles. The predicted molar refractivity (Wildman–Crippen MR) is 86.4 cm³/mol. The van der Waals surface area contributed by atoms with Crippen molar-refractivity contribution in [3.8, 4) is 11.8 Å². The fourth-order valence-corrected chi connectivity index (χ4v) is 3.05. The number of ether oxygens (including phenoxy) is 1. The number of nitrogens with zero attached hydrogens (tertiary/aromatic N) is 1. The third-order valence-corrected chi connectivity index (χ3v) is 4.32. The monoisotopic (exact) mass is 313 g/mol. The molecule has 0 fully saturated rings. The summed E-state index contributed by atoms with van der Waals surface area (Å²) in [6, 6.07) is 9.18. The highest BCUT2D eigenvalue weighted by Gasteiger charge is 2.17. The lowest BCUT2D eigenvalue weighted by molar-refractivity contribution is -0.116. The molecule has 0 saturated heterocycles. The van der Waals surface area contributed by atoms with Crippen molar-refractivity contribution in [1.29, 1.82) is 5.26 Å². The van der Waals surface area contributed by atoms with Crippen molar-refractivity contribution < 1.29 is 9.53 Å². The van der Waals surface area contributed by atoms with Crippen LogP contribution >= 0.6 is 11.3 Å². The molecule has 0 bridgehead atoms. The molecule has 3 rings (SSSR count). The summed E-state index contributed by atoms with van der Waals surface area (Å²) >= 11 is 1.34. The first-order chi connectivity index (χ1) is 10.7. The van der Waals surface area contributed by atoms with Gasteiger partial charge in [-0.2, -0.15) is 5.26 Å². The molecule has 1 amide bonds. The molecule has 112 valence electrons. The Labute approximate surface area is 132 Å². The number of nitriles is 1. The first-order valence-electron chi connectivity index (χ1n) is 6.98. The number of nitrogens with one attached hydrogen (secondary N) is 2. The van der Waals surface area contributed by atoms with Crippen molar-refractivity contribution in [3.05, 3.63) is 40.8 Å². The molecule has 1 aromatic carbocycles. The van der Waals surface area contributed by atoms with Gasteiger partial charge >= 0.3 is 0 Å². The fraction of sp³-hybridized carbons (Fsp3) is 0.250. The van der Waals surface area contributed by atoms with Crippen molar-refractivity contribution in [3.63, 3.8) is 0 Å². The van der Waals surface area contributed by atoms with Gasteiger partial charge in [0.05, 0.1) is 12.2 Å². The number of hydrogen-bond donors (Lipinski definition) is 2. The molecule has 1 aliphatic rings. The number of amides is 1. The Morgan fingerprint density at radius 3 is 3.14 bits per heavy atom. The maximum absolute atomic E-state index is 12.2. The molecular weight excluding hydrogens is 298 g/mol. The third-order valence-electron chi connectivity index (χ3n) is 3.49. The number of carbonyl (C=O) groups excluding carboxylic acids is 1. The lowest BCUT2D eigenvalue weighted by Crippen LogP contribution is -2.31. The van der Waals surface area contributed by atoms with Crippen molar-refractivity contribution in [2.45, 2.75) is 19.4 Å². The first kappa shape index (κ1) is 14.4. The summed E-state index contributed by atoms with van der Waals surface area (Å²) in [4.78, 5) is 12.2. The minimum Gasteiger partial charge on any atom is -0.493 e. The van der Waals surface area contributed by atoms with Crippen molar-refractivity contribution in [1.82, 2.24) is 0 Å². The molecule has 0 spiro atoms. The van der Waals surface area contributed by atoms with Crippen LogP contribution in [0.1, 0.15) is 18.1 Å². The summed E-state index contributed by atoms with van der Waals surface area (Å²) < 4.78 is 5.47. The van der Waals surface area contributed by atoms with E-state index in [1.165, 1.54) is 11.3 Å². The van der Waals surface area contributed by atoms with Gasteiger partial charge in [-0.3, -0.25) is 4.79 Å². The minimum absolute atomic E-state index is 0.171. The number of rotatable bonds is 4. The van der Waals surface area contributed by atoms with Crippen LogP contribution in [0.3, 0.4) is 0 Å². The molecule has 22 heavy (non-hydrogen) atoms. The van der Waals surface area contributed by atoms with Crippen molar-refractivity contribution in [2.75, 3.05) is 17.2 Å². The zero-order valence-electron chi connectivity index (χ0n) is 12.1.